The highest BCUT2D eigenvalue weighted by Gasteiger charge is 2.26. The van der Waals surface area contributed by atoms with Crippen LogP contribution in [0.5, 0.6) is 0 Å². The van der Waals surface area contributed by atoms with Crippen molar-refractivity contribution in [2.45, 2.75) is 31.7 Å². The molecule has 0 aromatic rings. The van der Waals surface area contributed by atoms with Crippen molar-refractivity contribution in [2.24, 2.45) is 5.92 Å². The molecule has 74 valence electrons. The van der Waals surface area contributed by atoms with Crippen LogP contribution >= 0.6 is 0 Å². The Balaban J connectivity index is 2.30. The van der Waals surface area contributed by atoms with Gasteiger partial charge in [0.25, 0.3) is 0 Å². The van der Waals surface area contributed by atoms with Gasteiger partial charge in [-0.05, 0) is 25.7 Å². The lowest BCUT2D eigenvalue weighted by Gasteiger charge is -2.26. The fraction of sp³-hybridized carbons (Fsp3) is 0.778. The van der Waals surface area contributed by atoms with Gasteiger partial charge in [0.05, 0.1) is 13.0 Å². The maximum absolute atomic E-state index is 11.1. The molecule has 1 aliphatic carbocycles. The summed E-state index contributed by atoms with van der Waals surface area (Å²) in [7, 11) is 1.41. The minimum Gasteiger partial charge on any atom is -0.469 e. The molecule has 0 spiro atoms. The standard InChI is InChI=1S/C9H15NO3/c1-13-9(12)7-2-4-8(5-3-7)10-6-11/h6-8H,2-5H2,1H3,(H,10,11). The van der Waals surface area contributed by atoms with Gasteiger partial charge in [0.15, 0.2) is 0 Å². The Bertz CT molecular complexity index is 185. The fourth-order valence-corrected chi connectivity index (χ4v) is 1.76. The number of esters is 1. The summed E-state index contributed by atoms with van der Waals surface area (Å²) < 4.78 is 4.66. The maximum atomic E-state index is 11.1. The molecule has 1 rings (SSSR count). The Kier molecular flexibility index (Phi) is 3.73. The second kappa shape index (κ2) is 4.84. The minimum absolute atomic E-state index is 0.0368. The molecule has 1 saturated carbocycles. The van der Waals surface area contributed by atoms with E-state index in [1.54, 1.807) is 0 Å². The van der Waals surface area contributed by atoms with Crippen molar-refractivity contribution in [3.05, 3.63) is 0 Å². The normalized spacial score (nSPS) is 27.8. The molecule has 0 aromatic carbocycles. The molecule has 0 atom stereocenters. The van der Waals surface area contributed by atoms with Crippen molar-refractivity contribution in [1.29, 1.82) is 0 Å². The van der Waals surface area contributed by atoms with Gasteiger partial charge in [-0.3, -0.25) is 9.59 Å². The van der Waals surface area contributed by atoms with Crippen molar-refractivity contribution in [1.82, 2.24) is 5.32 Å². The third-order valence-corrected chi connectivity index (χ3v) is 2.57. The SMILES string of the molecule is COC(=O)C1CCC(NC=O)CC1. The van der Waals surface area contributed by atoms with Crippen molar-refractivity contribution in [2.75, 3.05) is 7.11 Å². The highest BCUT2D eigenvalue weighted by molar-refractivity contribution is 5.72. The molecule has 0 aromatic heterocycles. The van der Waals surface area contributed by atoms with Gasteiger partial charge < -0.3 is 10.1 Å². The van der Waals surface area contributed by atoms with E-state index in [2.05, 4.69) is 10.1 Å². The van der Waals surface area contributed by atoms with Crippen LogP contribution in [-0.4, -0.2) is 25.5 Å². The Morgan fingerprint density at radius 1 is 1.38 bits per heavy atom. The molecule has 0 aliphatic heterocycles. The molecule has 0 unspecified atom stereocenters. The van der Waals surface area contributed by atoms with Crippen molar-refractivity contribution < 1.29 is 14.3 Å². The van der Waals surface area contributed by atoms with Crippen LogP contribution in [0, 0.1) is 5.92 Å². The second-order valence-electron chi connectivity index (χ2n) is 3.36. The van der Waals surface area contributed by atoms with Crippen LogP contribution in [0.4, 0.5) is 0 Å². The second-order valence-corrected chi connectivity index (χ2v) is 3.36. The van der Waals surface area contributed by atoms with E-state index in [1.807, 2.05) is 0 Å². The molecule has 4 heteroatoms. The van der Waals surface area contributed by atoms with Gasteiger partial charge in [-0.15, -0.1) is 0 Å². The number of hydrogen-bond donors (Lipinski definition) is 1. The first kappa shape index (κ1) is 10.0. The zero-order valence-electron chi connectivity index (χ0n) is 7.79. The number of rotatable bonds is 3. The summed E-state index contributed by atoms with van der Waals surface area (Å²) in [6, 6.07) is 0.249. The van der Waals surface area contributed by atoms with Crippen LogP contribution < -0.4 is 5.32 Å². The summed E-state index contributed by atoms with van der Waals surface area (Å²) >= 11 is 0. The fourth-order valence-electron chi connectivity index (χ4n) is 1.76. The van der Waals surface area contributed by atoms with Crippen LogP contribution in [0.15, 0.2) is 0 Å². The summed E-state index contributed by atoms with van der Waals surface area (Å²) in [6.45, 7) is 0. The molecule has 0 saturated heterocycles. The summed E-state index contributed by atoms with van der Waals surface area (Å²) in [5, 5.41) is 2.73. The van der Waals surface area contributed by atoms with E-state index in [0.29, 0.717) is 0 Å². The van der Waals surface area contributed by atoms with E-state index in [4.69, 9.17) is 0 Å². The number of carbonyl (C=O) groups is 2. The highest BCUT2D eigenvalue weighted by Crippen LogP contribution is 2.24. The molecule has 0 radical (unpaired) electrons. The third kappa shape index (κ3) is 2.72. The molecular weight excluding hydrogens is 170 g/mol. The van der Waals surface area contributed by atoms with E-state index in [0.717, 1.165) is 32.1 Å². The summed E-state index contributed by atoms with van der Waals surface area (Å²) in [4.78, 5) is 21.3. The highest BCUT2D eigenvalue weighted by atomic mass is 16.5. The van der Waals surface area contributed by atoms with E-state index in [9.17, 15) is 9.59 Å². The van der Waals surface area contributed by atoms with Gasteiger partial charge in [0.1, 0.15) is 0 Å². The Morgan fingerprint density at radius 3 is 2.46 bits per heavy atom. The van der Waals surface area contributed by atoms with Crippen LogP contribution in [0.25, 0.3) is 0 Å². The zero-order chi connectivity index (χ0) is 9.68. The van der Waals surface area contributed by atoms with E-state index in [-0.39, 0.29) is 17.9 Å². The summed E-state index contributed by atoms with van der Waals surface area (Å²) in [5.41, 5.74) is 0. The molecule has 1 aliphatic rings. The molecule has 0 bridgehead atoms. The quantitative estimate of drug-likeness (QED) is 0.513. The Morgan fingerprint density at radius 2 is 2.00 bits per heavy atom. The minimum atomic E-state index is -0.121. The predicted molar refractivity (Wildman–Crippen MR) is 47.0 cm³/mol. The smallest absolute Gasteiger partial charge is 0.308 e. The van der Waals surface area contributed by atoms with Gasteiger partial charge >= 0.3 is 5.97 Å². The molecule has 4 nitrogen and oxygen atoms in total. The van der Waals surface area contributed by atoms with Gasteiger partial charge in [-0.2, -0.15) is 0 Å². The average Bonchev–Trinajstić information content (AvgIpc) is 2.18. The summed E-state index contributed by atoms with van der Waals surface area (Å²) in [5.74, 6) is -0.0840. The lowest BCUT2D eigenvalue weighted by molar-refractivity contribution is -0.146. The topological polar surface area (TPSA) is 55.4 Å². The predicted octanol–water partition coefficient (Wildman–Crippen LogP) is 0.464. The number of hydrogen-bond acceptors (Lipinski definition) is 3. The molecule has 1 fully saturated rings. The summed E-state index contributed by atoms with van der Waals surface area (Å²) in [6.07, 6.45) is 4.11. The first-order valence-corrected chi connectivity index (χ1v) is 4.55. The lowest BCUT2D eigenvalue weighted by Crippen LogP contribution is -2.34. The lowest BCUT2D eigenvalue weighted by atomic mass is 9.86. The van der Waals surface area contributed by atoms with Crippen molar-refractivity contribution in [3.8, 4) is 0 Å². The van der Waals surface area contributed by atoms with Crippen LogP contribution in [0.1, 0.15) is 25.7 Å². The van der Waals surface area contributed by atoms with Gasteiger partial charge in [0, 0.05) is 6.04 Å². The molecule has 0 heterocycles. The number of carbonyl (C=O) groups excluding carboxylic acids is 2. The van der Waals surface area contributed by atoms with Gasteiger partial charge in [0.2, 0.25) is 6.41 Å². The van der Waals surface area contributed by atoms with E-state index < -0.39 is 0 Å². The number of methoxy groups -OCH3 is 1. The number of nitrogens with one attached hydrogen (secondary N) is 1. The number of ether oxygens (including phenoxy) is 1. The van der Waals surface area contributed by atoms with Crippen molar-refractivity contribution in [3.63, 3.8) is 0 Å². The third-order valence-electron chi connectivity index (χ3n) is 2.57. The Hall–Kier alpha value is -1.06. The first-order valence-electron chi connectivity index (χ1n) is 4.55. The largest absolute Gasteiger partial charge is 0.469 e. The molecule has 1 amide bonds. The van der Waals surface area contributed by atoms with E-state index >= 15 is 0 Å². The van der Waals surface area contributed by atoms with Crippen molar-refractivity contribution >= 4 is 12.4 Å². The van der Waals surface area contributed by atoms with Crippen LogP contribution in [0.3, 0.4) is 0 Å². The van der Waals surface area contributed by atoms with Gasteiger partial charge in [-0.1, -0.05) is 0 Å². The maximum Gasteiger partial charge on any atom is 0.308 e. The zero-order valence-corrected chi connectivity index (χ0v) is 7.79. The molecular formula is C9H15NO3. The number of amides is 1. The monoisotopic (exact) mass is 185 g/mol. The van der Waals surface area contributed by atoms with Crippen LogP contribution in [-0.2, 0) is 14.3 Å². The average molecular weight is 185 g/mol. The Labute approximate surface area is 77.6 Å². The van der Waals surface area contributed by atoms with Crippen LogP contribution in [0.2, 0.25) is 0 Å². The molecule has 13 heavy (non-hydrogen) atoms. The van der Waals surface area contributed by atoms with E-state index in [1.165, 1.54) is 7.11 Å². The van der Waals surface area contributed by atoms with Gasteiger partial charge in [-0.25, -0.2) is 0 Å². The molecule has 1 N–H and O–H groups in total. The first-order chi connectivity index (χ1) is 6.27.